The number of esters is 1. The number of hydrogen-bond donors (Lipinski definition) is 3. The first kappa shape index (κ1) is 22.5. The van der Waals surface area contributed by atoms with Crippen molar-refractivity contribution in [2.45, 2.75) is 38.8 Å². The van der Waals surface area contributed by atoms with E-state index in [1.165, 1.54) is 7.11 Å². The number of aromatic nitrogens is 4. The Labute approximate surface area is 192 Å². The summed E-state index contributed by atoms with van der Waals surface area (Å²) in [6.45, 7) is 3.88. The highest BCUT2D eigenvalue weighted by atomic mass is 16.5. The van der Waals surface area contributed by atoms with Gasteiger partial charge >= 0.3 is 5.97 Å². The van der Waals surface area contributed by atoms with E-state index >= 15 is 0 Å². The minimum Gasteiger partial charge on any atom is -0.464 e. The summed E-state index contributed by atoms with van der Waals surface area (Å²) in [5, 5.41) is 27.7. The number of anilines is 1. The van der Waals surface area contributed by atoms with E-state index in [9.17, 15) is 9.90 Å². The van der Waals surface area contributed by atoms with E-state index in [0.717, 1.165) is 41.6 Å². The van der Waals surface area contributed by atoms with E-state index in [4.69, 9.17) is 4.74 Å². The fourth-order valence-electron chi connectivity index (χ4n) is 4.35. The van der Waals surface area contributed by atoms with Crippen LogP contribution in [-0.2, 0) is 9.53 Å². The van der Waals surface area contributed by atoms with Crippen LogP contribution in [0.3, 0.4) is 0 Å². The first-order valence-electron chi connectivity index (χ1n) is 11.0. The molecule has 9 nitrogen and oxygen atoms in total. The van der Waals surface area contributed by atoms with Crippen LogP contribution in [0.25, 0.3) is 22.5 Å². The zero-order chi connectivity index (χ0) is 23.4. The number of aliphatic hydroxyl groups is 1. The summed E-state index contributed by atoms with van der Waals surface area (Å²) in [7, 11) is 1.35. The molecule has 4 rings (SSSR count). The third-order valence-electron chi connectivity index (χ3n) is 5.93. The van der Waals surface area contributed by atoms with Gasteiger partial charge in [-0.25, -0.2) is 4.79 Å². The number of ether oxygens (including phenoxy) is 1. The molecule has 1 aliphatic rings. The molecule has 0 radical (unpaired) electrons. The lowest BCUT2D eigenvalue weighted by molar-refractivity contribution is -0.136. The van der Waals surface area contributed by atoms with E-state index in [2.05, 4.69) is 32.9 Å². The monoisotopic (exact) mass is 448 g/mol. The van der Waals surface area contributed by atoms with E-state index in [1.54, 1.807) is 0 Å². The quantitative estimate of drug-likeness (QED) is 0.450. The fraction of sp³-hybridized carbons (Fsp3) is 0.333. The van der Waals surface area contributed by atoms with Gasteiger partial charge in [-0.2, -0.15) is 5.21 Å². The molecule has 9 heteroatoms. The van der Waals surface area contributed by atoms with Crippen LogP contribution >= 0.6 is 0 Å². The molecular formula is C24H28N6O3. The van der Waals surface area contributed by atoms with Crippen LogP contribution in [0.1, 0.15) is 33.1 Å². The van der Waals surface area contributed by atoms with Crippen LogP contribution in [0.5, 0.6) is 0 Å². The summed E-state index contributed by atoms with van der Waals surface area (Å²) >= 11 is 0. The van der Waals surface area contributed by atoms with E-state index in [0.29, 0.717) is 17.2 Å². The summed E-state index contributed by atoms with van der Waals surface area (Å²) in [5.41, 5.74) is 3.87. The molecule has 2 heterocycles. The summed E-state index contributed by atoms with van der Waals surface area (Å²) in [4.78, 5) is 14.6. The number of nitrogens with one attached hydrogen (secondary N) is 2. The third-order valence-corrected chi connectivity index (χ3v) is 5.93. The molecule has 0 saturated carbocycles. The predicted octanol–water partition coefficient (Wildman–Crippen LogP) is 3.23. The van der Waals surface area contributed by atoms with Crippen molar-refractivity contribution >= 4 is 11.7 Å². The van der Waals surface area contributed by atoms with Gasteiger partial charge in [0.25, 0.3) is 0 Å². The summed E-state index contributed by atoms with van der Waals surface area (Å²) in [6, 6.07) is 15.8. The highest BCUT2D eigenvalue weighted by Gasteiger charge is 2.44. The summed E-state index contributed by atoms with van der Waals surface area (Å²) in [6.07, 6.45) is 2.76. The Morgan fingerprint density at radius 2 is 1.88 bits per heavy atom. The van der Waals surface area contributed by atoms with Gasteiger partial charge in [-0.3, -0.25) is 0 Å². The summed E-state index contributed by atoms with van der Waals surface area (Å²) < 4.78 is 5.05. The first-order chi connectivity index (χ1) is 16.0. The van der Waals surface area contributed by atoms with Crippen molar-refractivity contribution < 1.29 is 14.6 Å². The van der Waals surface area contributed by atoms with Gasteiger partial charge in [0.05, 0.1) is 19.4 Å². The molecule has 172 valence electrons. The molecule has 1 aliphatic heterocycles. The largest absolute Gasteiger partial charge is 0.464 e. The van der Waals surface area contributed by atoms with Crippen molar-refractivity contribution in [1.82, 2.24) is 25.9 Å². The molecule has 1 atom stereocenters. The van der Waals surface area contributed by atoms with Gasteiger partial charge in [-0.1, -0.05) is 49.7 Å². The molecule has 3 aromatic rings. The number of tetrazole rings is 1. The van der Waals surface area contributed by atoms with Crippen LogP contribution in [0, 0.1) is 0 Å². The van der Waals surface area contributed by atoms with Crippen LogP contribution < -0.4 is 10.2 Å². The lowest BCUT2D eigenvalue weighted by Crippen LogP contribution is -2.51. The SMILES string of the molecule is CCCCC1(C)NC(CO)=C(C(=O)OC)N1c1ccc(-c2ccccc2-c2nn[nH]n2)cc1. The number of rotatable bonds is 8. The number of aromatic amines is 1. The maximum atomic E-state index is 12.7. The predicted molar refractivity (Wildman–Crippen MR) is 125 cm³/mol. The molecule has 2 aromatic carbocycles. The third kappa shape index (κ3) is 4.19. The molecule has 0 fully saturated rings. The van der Waals surface area contributed by atoms with E-state index < -0.39 is 11.6 Å². The Bertz CT molecular complexity index is 1140. The zero-order valence-electron chi connectivity index (χ0n) is 19.0. The van der Waals surface area contributed by atoms with Gasteiger partial charge in [0.1, 0.15) is 5.66 Å². The second kappa shape index (κ2) is 9.41. The number of hydrogen-bond acceptors (Lipinski definition) is 8. The number of methoxy groups -OCH3 is 1. The fourth-order valence-corrected chi connectivity index (χ4v) is 4.35. The number of nitrogens with zero attached hydrogens (tertiary/aromatic N) is 4. The zero-order valence-corrected chi connectivity index (χ0v) is 19.0. The molecule has 1 unspecified atom stereocenters. The van der Waals surface area contributed by atoms with Crippen molar-refractivity contribution in [1.29, 1.82) is 0 Å². The van der Waals surface area contributed by atoms with E-state index in [-0.39, 0.29) is 6.61 Å². The molecule has 33 heavy (non-hydrogen) atoms. The number of unbranched alkanes of at least 4 members (excludes halogenated alkanes) is 1. The topological polar surface area (TPSA) is 116 Å². The molecule has 3 N–H and O–H groups in total. The second-order valence-electron chi connectivity index (χ2n) is 8.14. The van der Waals surface area contributed by atoms with Crippen LogP contribution in [0.2, 0.25) is 0 Å². The van der Waals surface area contributed by atoms with Crippen molar-refractivity contribution in [3.63, 3.8) is 0 Å². The molecule has 0 bridgehead atoms. The van der Waals surface area contributed by atoms with Gasteiger partial charge in [-0.05, 0) is 48.2 Å². The van der Waals surface area contributed by atoms with Gasteiger partial charge < -0.3 is 20.1 Å². The van der Waals surface area contributed by atoms with Crippen LogP contribution in [0.4, 0.5) is 5.69 Å². The van der Waals surface area contributed by atoms with Gasteiger partial charge in [0, 0.05) is 11.3 Å². The van der Waals surface area contributed by atoms with Crippen molar-refractivity contribution in [3.8, 4) is 22.5 Å². The smallest absolute Gasteiger partial charge is 0.356 e. The Balaban J connectivity index is 1.75. The van der Waals surface area contributed by atoms with Gasteiger partial charge in [-0.15, -0.1) is 10.2 Å². The van der Waals surface area contributed by atoms with E-state index in [1.807, 2.05) is 60.4 Å². The van der Waals surface area contributed by atoms with Gasteiger partial charge in [0.2, 0.25) is 5.82 Å². The lowest BCUT2D eigenvalue weighted by atomic mass is 9.98. The van der Waals surface area contributed by atoms with Crippen LogP contribution in [0.15, 0.2) is 59.9 Å². The lowest BCUT2D eigenvalue weighted by Gasteiger charge is -2.38. The average molecular weight is 449 g/mol. The first-order valence-corrected chi connectivity index (χ1v) is 11.0. The normalized spacial score (nSPS) is 17.9. The standard InChI is InChI=1S/C24H28N6O3/c1-4-5-14-24(2)25-20(15-31)21(23(32)33-3)30(24)17-12-10-16(11-13-17)18-8-6-7-9-19(18)22-26-28-29-27-22/h6-13,25,31H,4-5,14-15H2,1-3H3,(H,26,27,28,29). The second-order valence-corrected chi connectivity index (χ2v) is 8.14. The highest BCUT2D eigenvalue weighted by molar-refractivity contribution is 5.95. The molecule has 0 aliphatic carbocycles. The molecule has 1 aromatic heterocycles. The average Bonchev–Trinajstić information content (AvgIpc) is 3.49. The number of aliphatic hydroxyl groups excluding tert-OH is 1. The van der Waals surface area contributed by atoms with Crippen LogP contribution in [-0.4, -0.2) is 51.1 Å². The Hall–Kier alpha value is -3.72. The number of benzene rings is 2. The molecule has 0 amide bonds. The number of carbonyl (C=O) groups is 1. The molecular weight excluding hydrogens is 420 g/mol. The van der Waals surface area contributed by atoms with Gasteiger partial charge in [0.15, 0.2) is 5.70 Å². The summed E-state index contributed by atoms with van der Waals surface area (Å²) in [5.74, 6) is 0.0346. The Morgan fingerprint density at radius 3 is 2.48 bits per heavy atom. The number of carbonyl (C=O) groups excluding carboxylic acids is 1. The van der Waals surface area contributed by atoms with Crippen molar-refractivity contribution in [2.75, 3.05) is 18.6 Å². The van der Waals surface area contributed by atoms with Crippen molar-refractivity contribution in [2.24, 2.45) is 0 Å². The van der Waals surface area contributed by atoms with Crippen molar-refractivity contribution in [3.05, 3.63) is 59.9 Å². The minimum absolute atomic E-state index is 0.279. The molecule has 0 spiro atoms. The maximum Gasteiger partial charge on any atom is 0.356 e. The minimum atomic E-state index is -0.568. The molecule has 0 saturated heterocycles. The Morgan fingerprint density at radius 1 is 1.15 bits per heavy atom. The Kier molecular flexibility index (Phi) is 6.41. The maximum absolute atomic E-state index is 12.7. The highest BCUT2D eigenvalue weighted by Crippen LogP contribution is 2.39. The number of H-pyrrole nitrogens is 1.